The van der Waals surface area contributed by atoms with Gasteiger partial charge in [0.05, 0.1) is 0 Å². The predicted octanol–water partition coefficient (Wildman–Crippen LogP) is 2.81. The van der Waals surface area contributed by atoms with E-state index in [0.29, 0.717) is 11.7 Å². The van der Waals surface area contributed by atoms with Gasteiger partial charge in [0.25, 0.3) is 0 Å². The molecule has 2 rings (SSSR count). The second-order valence-corrected chi connectivity index (χ2v) is 4.36. The number of rotatable bonds is 4. The van der Waals surface area contributed by atoms with Crippen molar-refractivity contribution in [2.45, 2.75) is 6.92 Å². The summed E-state index contributed by atoms with van der Waals surface area (Å²) in [5.74, 6) is 0.722. The molecule has 5 heteroatoms. The lowest BCUT2D eigenvalue weighted by Gasteiger charge is -2.04. The van der Waals surface area contributed by atoms with Crippen LogP contribution >= 0.6 is 12.2 Å². The molecule has 0 saturated carbocycles. The molecule has 0 saturated heterocycles. The minimum Gasteiger partial charge on any atom is -0.455 e. The first-order chi connectivity index (χ1) is 9.20. The second-order valence-electron chi connectivity index (χ2n) is 3.96. The molecule has 1 aromatic carbocycles. The van der Waals surface area contributed by atoms with Crippen LogP contribution in [0, 0.1) is 0 Å². The highest BCUT2D eigenvalue weighted by atomic mass is 32.1. The summed E-state index contributed by atoms with van der Waals surface area (Å²) in [5, 5.41) is 8.62. The molecule has 0 atom stereocenters. The Kier molecular flexibility index (Phi) is 4.30. The maximum atomic E-state index is 5.69. The van der Waals surface area contributed by atoms with Crippen LogP contribution in [0.1, 0.15) is 12.7 Å². The van der Waals surface area contributed by atoms with Crippen molar-refractivity contribution in [3.63, 3.8) is 0 Å². The lowest BCUT2D eigenvalue weighted by atomic mass is 10.2. The van der Waals surface area contributed by atoms with Crippen molar-refractivity contribution in [2.24, 2.45) is 5.10 Å². The second kappa shape index (κ2) is 6.15. The summed E-state index contributed by atoms with van der Waals surface area (Å²) >= 11 is 5.04. The zero-order valence-corrected chi connectivity index (χ0v) is 11.5. The third-order valence-electron chi connectivity index (χ3n) is 2.51. The molecular weight excluding hydrogens is 258 g/mol. The summed E-state index contributed by atoms with van der Waals surface area (Å²) in [6.07, 6.45) is 1.73. The number of furan rings is 1. The molecule has 2 aromatic rings. The Balaban J connectivity index is 2.08. The van der Waals surface area contributed by atoms with E-state index >= 15 is 0 Å². The van der Waals surface area contributed by atoms with Crippen LogP contribution < -0.4 is 10.7 Å². The lowest BCUT2D eigenvalue weighted by molar-refractivity contribution is 0.603. The van der Waals surface area contributed by atoms with Gasteiger partial charge in [-0.2, -0.15) is 5.10 Å². The molecule has 0 aliphatic heterocycles. The highest BCUT2D eigenvalue weighted by Crippen LogP contribution is 2.19. The largest absolute Gasteiger partial charge is 0.455 e. The van der Waals surface area contributed by atoms with Gasteiger partial charge in [-0.25, -0.2) is 0 Å². The monoisotopic (exact) mass is 273 g/mol. The Morgan fingerprint density at radius 2 is 2.26 bits per heavy atom. The first-order valence-electron chi connectivity index (χ1n) is 5.88. The van der Waals surface area contributed by atoms with Crippen LogP contribution in [0.15, 0.2) is 52.5 Å². The molecule has 2 N–H and O–H groups in total. The minimum atomic E-state index is 0.454. The fourth-order valence-corrected chi connectivity index (χ4v) is 1.68. The van der Waals surface area contributed by atoms with Gasteiger partial charge in [0.15, 0.2) is 10.9 Å². The van der Waals surface area contributed by atoms with Gasteiger partial charge in [-0.3, -0.25) is 5.43 Å². The number of nitrogens with one attached hydrogen (secondary N) is 2. The smallest absolute Gasteiger partial charge is 0.187 e. The van der Waals surface area contributed by atoms with E-state index in [2.05, 4.69) is 22.4 Å². The van der Waals surface area contributed by atoms with Crippen molar-refractivity contribution in [3.05, 3.63) is 48.7 Å². The summed E-state index contributed by atoms with van der Waals surface area (Å²) in [5.41, 5.74) is 4.34. The molecule has 0 bridgehead atoms. The van der Waals surface area contributed by atoms with Crippen molar-refractivity contribution in [1.29, 1.82) is 0 Å². The van der Waals surface area contributed by atoms with E-state index in [1.807, 2.05) is 37.3 Å². The zero-order chi connectivity index (χ0) is 13.7. The Labute approximate surface area is 117 Å². The Morgan fingerprint density at radius 3 is 3.00 bits per heavy atom. The molecule has 0 aliphatic carbocycles. The van der Waals surface area contributed by atoms with Crippen LogP contribution in [-0.4, -0.2) is 17.4 Å². The molecule has 0 amide bonds. The summed E-state index contributed by atoms with van der Waals surface area (Å²) in [6, 6.07) is 9.79. The molecule has 4 nitrogen and oxygen atoms in total. The number of hydrogen-bond acceptors (Lipinski definition) is 3. The quantitative estimate of drug-likeness (QED) is 0.389. The van der Waals surface area contributed by atoms with Gasteiger partial charge >= 0.3 is 0 Å². The van der Waals surface area contributed by atoms with Crippen LogP contribution in [-0.2, 0) is 0 Å². The molecular formula is C14H15N3OS. The van der Waals surface area contributed by atoms with Gasteiger partial charge in [0.1, 0.15) is 11.3 Å². The predicted molar refractivity (Wildman–Crippen MR) is 82.4 cm³/mol. The average Bonchev–Trinajstić information content (AvgIpc) is 2.86. The summed E-state index contributed by atoms with van der Waals surface area (Å²) < 4.78 is 5.69. The zero-order valence-electron chi connectivity index (χ0n) is 10.6. The molecule has 0 unspecified atom stereocenters. The number of benzene rings is 1. The number of hydrazone groups is 1. The standard InChI is InChI=1S/C14H15N3OS/c1-3-8-15-14(19)17-16-10(2)13-9-11-6-4-5-7-12(11)18-13/h3-7,9H,1,8H2,2H3,(H2,15,17,19)/b16-10-. The van der Waals surface area contributed by atoms with Crippen LogP contribution in [0.4, 0.5) is 0 Å². The number of fused-ring (bicyclic) bond motifs is 1. The van der Waals surface area contributed by atoms with Gasteiger partial charge in [-0.1, -0.05) is 24.3 Å². The molecule has 19 heavy (non-hydrogen) atoms. The van der Waals surface area contributed by atoms with Gasteiger partial charge in [0, 0.05) is 11.9 Å². The number of para-hydroxylation sites is 1. The summed E-state index contributed by atoms with van der Waals surface area (Å²) in [6.45, 7) is 6.06. The lowest BCUT2D eigenvalue weighted by Crippen LogP contribution is -2.32. The summed E-state index contributed by atoms with van der Waals surface area (Å²) in [7, 11) is 0. The maximum Gasteiger partial charge on any atom is 0.187 e. The van der Waals surface area contributed by atoms with E-state index in [0.717, 1.165) is 22.4 Å². The van der Waals surface area contributed by atoms with Gasteiger partial charge in [-0.05, 0) is 31.3 Å². The van der Waals surface area contributed by atoms with Crippen molar-refractivity contribution >= 4 is 34.0 Å². The minimum absolute atomic E-state index is 0.454. The molecule has 98 valence electrons. The summed E-state index contributed by atoms with van der Waals surface area (Å²) in [4.78, 5) is 0. The Hall–Kier alpha value is -2.14. The van der Waals surface area contributed by atoms with E-state index in [4.69, 9.17) is 16.6 Å². The van der Waals surface area contributed by atoms with E-state index in [-0.39, 0.29) is 0 Å². The van der Waals surface area contributed by atoms with Crippen molar-refractivity contribution in [1.82, 2.24) is 10.7 Å². The third kappa shape index (κ3) is 3.42. The van der Waals surface area contributed by atoms with Gasteiger partial charge in [0.2, 0.25) is 0 Å². The third-order valence-corrected chi connectivity index (χ3v) is 2.75. The number of nitrogens with zero attached hydrogens (tertiary/aromatic N) is 1. The molecule has 0 fully saturated rings. The van der Waals surface area contributed by atoms with E-state index in [9.17, 15) is 0 Å². The molecule has 0 spiro atoms. The Morgan fingerprint density at radius 1 is 1.47 bits per heavy atom. The maximum absolute atomic E-state index is 5.69. The van der Waals surface area contributed by atoms with Crippen LogP contribution in [0.25, 0.3) is 11.0 Å². The van der Waals surface area contributed by atoms with Crippen LogP contribution in [0.2, 0.25) is 0 Å². The van der Waals surface area contributed by atoms with Gasteiger partial charge < -0.3 is 9.73 Å². The molecule has 1 heterocycles. The highest BCUT2D eigenvalue weighted by Gasteiger charge is 2.05. The van der Waals surface area contributed by atoms with Crippen LogP contribution in [0.3, 0.4) is 0 Å². The van der Waals surface area contributed by atoms with Crippen molar-refractivity contribution in [3.8, 4) is 0 Å². The highest BCUT2D eigenvalue weighted by molar-refractivity contribution is 7.80. The van der Waals surface area contributed by atoms with Gasteiger partial charge in [-0.15, -0.1) is 6.58 Å². The van der Waals surface area contributed by atoms with Crippen molar-refractivity contribution < 1.29 is 4.42 Å². The van der Waals surface area contributed by atoms with Crippen molar-refractivity contribution in [2.75, 3.05) is 6.54 Å². The first kappa shape index (κ1) is 13.3. The average molecular weight is 273 g/mol. The topological polar surface area (TPSA) is 49.6 Å². The number of hydrogen-bond donors (Lipinski definition) is 2. The van der Waals surface area contributed by atoms with E-state index in [1.54, 1.807) is 6.08 Å². The number of thiocarbonyl (C=S) groups is 1. The first-order valence-corrected chi connectivity index (χ1v) is 6.29. The van der Waals surface area contributed by atoms with E-state index in [1.165, 1.54) is 0 Å². The fourth-order valence-electron chi connectivity index (χ4n) is 1.55. The Bertz CT molecular complexity index is 597. The normalized spacial score (nSPS) is 11.3. The fraction of sp³-hybridized carbons (Fsp3) is 0.143. The van der Waals surface area contributed by atoms with E-state index < -0.39 is 0 Å². The van der Waals surface area contributed by atoms with Crippen LogP contribution in [0.5, 0.6) is 0 Å². The molecule has 1 aromatic heterocycles. The molecule has 0 radical (unpaired) electrons. The SMILES string of the molecule is C=CCNC(=S)N/N=C(/C)c1cc2ccccc2o1. The molecule has 0 aliphatic rings.